The van der Waals surface area contributed by atoms with Gasteiger partial charge < -0.3 is 11.1 Å². The first-order valence-electron chi connectivity index (χ1n) is 7.56. The minimum Gasteiger partial charge on any atom is -0.369 e. The van der Waals surface area contributed by atoms with Gasteiger partial charge in [0.15, 0.2) is 0 Å². The first-order valence-corrected chi connectivity index (χ1v) is 9.98. The monoisotopic (exact) mass is 393 g/mol. The molecule has 2 rings (SSSR count). The van der Waals surface area contributed by atoms with Gasteiger partial charge in [-0.25, -0.2) is 12.7 Å². The molecule has 138 valence electrons. The van der Waals surface area contributed by atoms with Gasteiger partial charge in [0, 0.05) is 24.6 Å². The lowest BCUT2D eigenvalue weighted by Crippen LogP contribution is -2.22. The highest BCUT2D eigenvalue weighted by atomic mass is 32.2. The average molecular weight is 393 g/mol. The zero-order chi connectivity index (χ0) is 19.3. The minimum absolute atomic E-state index is 0.101. The van der Waals surface area contributed by atoms with E-state index in [1.54, 1.807) is 24.3 Å². The number of primary amides is 1. The van der Waals surface area contributed by atoms with Crippen LogP contribution in [0.4, 0.5) is 5.69 Å². The maximum absolute atomic E-state index is 12.4. The van der Waals surface area contributed by atoms with Gasteiger partial charge in [-0.05, 0) is 36.4 Å². The number of para-hydroxylation sites is 1. The first kappa shape index (κ1) is 20.0. The zero-order valence-corrected chi connectivity index (χ0v) is 15.9. The van der Waals surface area contributed by atoms with Crippen LogP contribution in [0.3, 0.4) is 0 Å². The van der Waals surface area contributed by atoms with Gasteiger partial charge in [0.05, 0.1) is 16.3 Å². The van der Waals surface area contributed by atoms with Crippen LogP contribution in [0, 0.1) is 0 Å². The normalized spacial score (nSPS) is 11.3. The van der Waals surface area contributed by atoms with Crippen molar-refractivity contribution in [1.29, 1.82) is 0 Å². The lowest BCUT2D eigenvalue weighted by Gasteiger charge is -2.12. The predicted molar refractivity (Wildman–Crippen MR) is 102 cm³/mol. The molecule has 0 fully saturated rings. The van der Waals surface area contributed by atoms with Crippen LogP contribution in [-0.2, 0) is 14.8 Å². The standard InChI is InChI=1S/C17H19N3O4S2/c1-20(2)26(23,24)13-9-7-12(8-10-13)17(22)19-14-5-3-4-6-15(14)25-11-16(18)21/h3-10H,11H2,1-2H3,(H2,18,21)(H,19,22). The Morgan fingerprint density at radius 1 is 1.08 bits per heavy atom. The number of anilines is 1. The van der Waals surface area contributed by atoms with Crippen LogP contribution in [0.25, 0.3) is 0 Å². The molecule has 0 bridgehead atoms. The Morgan fingerprint density at radius 2 is 1.69 bits per heavy atom. The smallest absolute Gasteiger partial charge is 0.255 e. The third kappa shape index (κ3) is 4.84. The highest BCUT2D eigenvalue weighted by Crippen LogP contribution is 2.27. The summed E-state index contributed by atoms with van der Waals surface area (Å²) in [4.78, 5) is 24.2. The Hall–Kier alpha value is -2.36. The van der Waals surface area contributed by atoms with Crippen LogP contribution >= 0.6 is 11.8 Å². The Kier molecular flexibility index (Phi) is 6.41. The molecular formula is C17H19N3O4S2. The molecule has 0 unspecified atom stereocenters. The lowest BCUT2D eigenvalue weighted by atomic mass is 10.2. The molecule has 0 aliphatic carbocycles. The fraction of sp³-hybridized carbons (Fsp3) is 0.176. The SMILES string of the molecule is CN(C)S(=O)(=O)c1ccc(C(=O)Nc2ccccc2SCC(N)=O)cc1. The second-order valence-electron chi connectivity index (χ2n) is 5.52. The van der Waals surface area contributed by atoms with Gasteiger partial charge >= 0.3 is 0 Å². The summed E-state index contributed by atoms with van der Waals surface area (Å²) in [6.45, 7) is 0. The van der Waals surface area contributed by atoms with Gasteiger partial charge in [0.2, 0.25) is 15.9 Å². The summed E-state index contributed by atoms with van der Waals surface area (Å²) in [6.07, 6.45) is 0. The molecule has 0 radical (unpaired) electrons. The number of nitrogens with zero attached hydrogens (tertiary/aromatic N) is 1. The number of nitrogens with two attached hydrogens (primary N) is 1. The van der Waals surface area contributed by atoms with Gasteiger partial charge in [-0.3, -0.25) is 9.59 Å². The Bertz CT molecular complexity index is 910. The molecule has 0 aliphatic rings. The Morgan fingerprint density at radius 3 is 2.27 bits per heavy atom. The molecule has 0 aromatic heterocycles. The number of thioether (sulfide) groups is 1. The molecule has 9 heteroatoms. The molecule has 26 heavy (non-hydrogen) atoms. The molecule has 0 spiro atoms. The van der Waals surface area contributed by atoms with Crippen LogP contribution < -0.4 is 11.1 Å². The summed E-state index contributed by atoms with van der Waals surface area (Å²) in [7, 11) is -0.664. The van der Waals surface area contributed by atoms with Crippen molar-refractivity contribution in [2.75, 3.05) is 25.2 Å². The minimum atomic E-state index is -3.55. The van der Waals surface area contributed by atoms with Crippen molar-refractivity contribution in [3.63, 3.8) is 0 Å². The van der Waals surface area contributed by atoms with E-state index in [-0.39, 0.29) is 16.6 Å². The van der Waals surface area contributed by atoms with E-state index in [9.17, 15) is 18.0 Å². The zero-order valence-electron chi connectivity index (χ0n) is 14.3. The van der Waals surface area contributed by atoms with Crippen LogP contribution in [0.5, 0.6) is 0 Å². The van der Waals surface area contributed by atoms with E-state index in [1.165, 1.54) is 50.1 Å². The van der Waals surface area contributed by atoms with E-state index in [0.717, 1.165) is 4.31 Å². The van der Waals surface area contributed by atoms with Crippen molar-refractivity contribution in [3.8, 4) is 0 Å². The van der Waals surface area contributed by atoms with Crippen molar-refractivity contribution < 1.29 is 18.0 Å². The van der Waals surface area contributed by atoms with Crippen LogP contribution in [-0.4, -0.2) is 44.4 Å². The van der Waals surface area contributed by atoms with Crippen molar-refractivity contribution in [2.24, 2.45) is 5.73 Å². The van der Waals surface area contributed by atoms with E-state index in [0.29, 0.717) is 16.1 Å². The summed E-state index contributed by atoms with van der Waals surface area (Å²) in [5, 5.41) is 2.76. The quantitative estimate of drug-likeness (QED) is 0.697. The van der Waals surface area contributed by atoms with E-state index in [2.05, 4.69) is 5.32 Å². The van der Waals surface area contributed by atoms with Crippen LogP contribution in [0.2, 0.25) is 0 Å². The molecule has 2 aromatic carbocycles. The molecule has 0 aliphatic heterocycles. The molecule has 0 saturated heterocycles. The summed E-state index contributed by atoms with van der Waals surface area (Å²) in [6, 6.07) is 12.7. The van der Waals surface area contributed by atoms with E-state index in [1.807, 2.05) is 0 Å². The van der Waals surface area contributed by atoms with Crippen molar-refractivity contribution in [1.82, 2.24) is 4.31 Å². The fourth-order valence-corrected chi connectivity index (χ4v) is 3.68. The number of amides is 2. The summed E-state index contributed by atoms with van der Waals surface area (Å²) >= 11 is 1.23. The van der Waals surface area contributed by atoms with Gasteiger partial charge in [-0.1, -0.05) is 12.1 Å². The lowest BCUT2D eigenvalue weighted by molar-refractivity contribution is -0.115. The van der Waals surface area contributed by atoms with Gasteiger partial charge in [0.25, 0.3) is 5.91 Å². The van der Waals surface area contributed by atoms with Gasteiger partial charge in [-0.15, -0.1) is 11.8 Å². The summed E-state index contributed by atoms with van der Waals surface area (Å²) in [5.74, 6) is -0.732. The Labute approximate surface area is 156 Å². The average Bonchev–Trinajstić information content (AvgIpc) is 2.60. The van der Waals surface area contributed by atoms with Crippen molar-refractivity contribution in [3.05, 3.63) is 54.1 Å². The highest BCUT2D eigenvalue weighted by Gasteiger charge is 2.18. The number of hydrogen-bond donors (Lipinski definition) is 2. The number of nitrogens with one attached hydrogen (secondary N) is 1. The van der Waals surface area contributed by atoms with Gasteiger partial charge in [0.1, 0.15) is 0 Å². The second-order valence-corrected chi connectivity index (χ2v) is 8.69. The van der Waals surface area contributed by atoms with E-state index in [4.69, 9.17) is 5.73 Å². The van der Waals surface area contributed by atoms with E-state index < -0.39 is 15.9 Å². The topological polar surface area (TPSA) is 110 Å². The molecule has 2 amide bonds. The maximum atomic E-state index is 12.4. The molecule has 7 nitrogen and oxygen atoms in total. The largest absolute Gasteiger partial charge is 0.369 e. The van der Waals surface area contributed by atoms with E-state index >= 15 is 0 Å². The molecule has 0 heterocycles. The van der Waals surface area contributed by atoms with Crippen molar-refractivity contribution in [2.45, 2.75) is 9.79 Å². The second kappa shape index (κ2) is 8.35. The summed E-state index contributed by atoms with van der Waals surface area (Å²) in [5.41, 5.74) is 6.02. The predicted octanol–water partition coefficient (Wildman–Crippen LogP) is 1.77. The van der Waals surface area contributed by atoms with Crippen LogP contribution in [0.1, 0.15) is 10.4 Å². The number of hydrogen-bond acceptors (Lipinski definition) is 5. The molecular weight excluding hydrogens is 374 g/mol. The molecule has 0 saturated carbocycles. The molecule has 3 N–H and O–H groups in total. The first-order chi connectivity index (χ1) is 12.2. The number of carbonyl (C=O) groups is 2. The van der Waals surface area contributed by atoms with Crippen molar-refractivity contribution >= 4 is 39.3 Å². The number of rotatable bonds is 7. The Balaban J connectivity index is 2.17. The van der Waals surface area contributed by atoms with Crippen LogP contribution in [0.15, 0.2) is 58.3 Å². The third-order valence-corrected chi connectivity index (χ3v) is 6.33. The summed E-state index contributed by atoms with van der Waals surface area (Å²) < 4.78 is 25.2. The van der Waals surface area contributed by atoms with Gasteiger partial charge in [-0.2, -0.15) is 0 Å². The number of benzene rings is 2. The number of sulfonamides is 1. The molecule has 0 atom stereocenters. The third-order valence-electron chi connectivity index (χ3n) is 3.40. The maximum Gasteiger partial charge on any atom is 0.255 e. The number of carbonyl (C=O) groups excluding carboxylic acids is 2. The molecule has 2 aromatic rings. The highest BCUT2D eigenvalue weighted by molar-refractivity contribution is 8.00. The fourth-order valence-electron chi connectivity index (χ4n) is 2.03.